The lowest BCUT2D eigenvalue weighted by atomic mass is 10.1. The van der Waals surface area contributed by atoms with E-state index in [1.165, 1.54) is 41.1 Å². The molecule has 0 saturated carbocycles. The number of primary amides is 1. The molecular weight excluding hydrogens is 505 g/mol. The third-order valence-electron chi connectivity index (χ3n) is 5.98. The molecule has 0 radical (unpaired) electrons. The number of aromatic nitrogens is 3. The van der Waals surface area contributed by atoms with Gasteiger partial charge in [-0.15, -0.1) is 0 Å². The van der Waals surface area contributed by atoms with Crippen molar-refractivity contribution >= 4 is 17.6 Å². The van der Waals surface area contributed by atoms with E-state index in [1.54, 1.807) is 17.0 Å². The van der Waals surface area contributed by atoms with E-state index in [0.29, 0.717) is 31.5 Å². The second kappa shape index (κ2) is 10.9. The molecule has 1 aromatic carbocycles. The van der Waals surface area contributed by atoms with Crippen LogP contribution in [0.15, 0.2) is 54.6 Å². The van der Waals surface area contributed by atoms with Gasteiger partial charge in [-0.05, 0) is 43.2 Å². The molecule has 1 aliphatic heterocycles. The van der Waals surface area contributed by atoms with E-state index in [0.717, 1.165) is 6.07 Å². The van der Waals surface area contributed by atoms with Gasteiger partial charge in [0.05, 0.1) is 12.6 Å². The van der Waals surface area contributed by atoms with Crippen LogP contribution in [-0.2, 0) is 11.0 Å². The number of halogens is 3. The Bertz CT molecular complexity index is 1350. The Hall–Kier alpha value is -4.39. The van der Waals surface area contributed by atoms with Crippen LogP contribution in [0.5, 0.6) is 11.6 Å². The molecule has 0 aliphatic carbocycles. The summed E-state index contributed by atoms with van der Waals surface area (Å²) in [6, 6.07) is 9.14. The van der Waals surface area contributed by atoms with Crippen molar-refractivity contribution in [2.45, 2.75) is 25.1 Å². The van der Waals surface area contributed by atoms with Crippen molar-refractivity contribution in [2.75, 3.05) is 25.4 Å². The van der Waals surface area contributed by atoms with Crippen LogP contribution in [0.4, 0.5) is 19.0 Å². The van der Waals surface area contributed by atoms with Crippen molar-refractivity contribution in [3.63, 3.8) is 0 Å². The predicted molar refractivity (Wildman–Crippen MR) is 131 cm³/mol. The molecule has 3 heterocycles. The van der Waals surface area contributed by atoms with Crippen LogP contribution in [-0.4, -0.2) is 56.3 Å². The lowest BCUT2D eigenvalue weighted by Crippen LogP contribution is -2.40. The number of piperidine rings is 1. The molecule has 38 heavy (non-hydrogen) atoms. The summed E-state index contributed by atoms with van der Waals surface area (Å²) in [6.07, 6.45) is -0.610. The highest BCUT2D eigenvalue weighted by Gasteiger charge is 2.33. The summed E-state index contributed by atoms with van der Waals surface area (Å²) < 4.78 is 45.7. The molecule has 1 saturated heterocycles. The third kappa shape index (κ3) is 5.78. The Morgan fingerprint density at radius 1 is 1.18 bits per heavy atom. The van der Waals surface area contributed by atoms with E-state index in [9.17, 15) is 22.8 Å². The van der Waals surface area contributed by atoms with Crippen LogP contribution in [0, 0.1) is 0 Å². The number of anilines is 1. The van der Waals surface area contributed by atoms with Gasteiger partial charge in [0.2, 0.25) is 11.8 Å². The number of likely N-dealkylation sites (tertiary alicyclic amines) is 1. The molecule has 2 aromatic heterocycles. The number of alkyl halides is 3. The molecular formula is C25H25F3N6O4. The summed E-state index contributed by atoms with van der Waals surface area (Å²) >= 11 is 0. The summed E-state index contributed by atoms with van der Waals surface area (Å²) in [7, 11) is 0. The zero-order valence-electron chi connectivity index (χ0n) is 20.1. The quantitative estimate of drug-likeness (QED) is 0.397. The summed E-state index contributed by atoms with van der Waals surface area (Å²) in [5.41, 5.74) is 11.5. The third-order valence-corrected chi connectivity index (χ3v) is 5.98. The van der Waals surface area contributed by atoms with E-state index in [1.807, 2.05) is 0 Å². The molecule has 4 rings (SSSR count). The van der Waals surface area contributed by atoms with Crippen LogP contribution in [0.25, 0.3) is 11.3 Å². The van der Waals surface area contributed by atoms with E-state index in [4.69, 9.17) is 21.3 Å². The highest BCUT2D eigenvalue weighted by Crippen LogP contribution is 2.34. The van der Waals surface area contributed by atoms with E-state index in [2.05, 4.69) is 10.1 Å². The van der Waals surface area contributed by atoms with Crippen molar-refractivity contribution in [1.82, 2.24) is 19.7 Å². The van der Waals surface area contributed by atoms with Gasteiger partial charge < -0.3 is 26.2 Å². The molecule has 1 unspecified atom stereocenters. The number of benzene rings is 1. The second-order valence-corrected chi connectivity index (χ2v) is 8.57. The fourth-order valence-corrected chi connectivity index (χ4v) is 4.22. The van der Waals surface area contributed by atoms with Gasteiger partial charge in [0.1, 0.15) is 28.5 Å². The lowest BCUT2D eigenvalue weighted by molar-refractivity contribution is -0.141. The first-order valence-corrected chi connectivity index (χ1v) is 11.6. The largest absolute Gasteiger partial charge is 0.439 e. The van der Waals surface area contributed by atoms with Gasteiger partial charge in [0, 0.05) is 30.8 Å². The van der Waals surface area contributed by atoms with Gasteiger partial charge in [0.15, 0.2) is 0 Å². The summed E-state index contributed by atoms with van der Waals surface area (Å²) in [5, 5.41) is 13.5. The minimum absolute atomic E-state index is 0.0156. The number of carbonyl (C=O) groups excluding carboxylic acids is 2. The molecule has 1 fully saturated rings. The highest BCUT2D eigenvalue weighted by molar-refractivity contribution is 6.03. The van der Waals surface area contributed by atoms with Gasteiger partial charge in [0.25, 0.3) is 5.91 Å². The molecule has 13 heteroatoms. The second-order valence-electron chi connectivity index (χ2n) is 8.57. The fraction of sp³-hybridized carbons (Fsp3) is 0.280. The minimum atomic E-state index is -4.61. The standard InChI is InChI=1S/C25H25F3N6O4/c26-25(27,28)18-5-1-6-19(31-18)38-17-10-8-15(9-11-17)22-21(24(30)37)23(29)34(32-22)16-4-2-12-33(14-16)20(36)7-3-13-35/h1,3,5-11,16,35H,2,4,12-14,29H2,(H2,30,37). The molecule has 1 aliphatic rings. The van der Waals surface area contributed by atoms with Gasteiger partial charge >= 0.3 is 6.18 Å². The minimum Gasteiger partial charge on any atom is -0.439 e. The molecule has 0 spiro atoms. The maximum atomic E-state index is 12.9. The van der Waals surface area contributed by atoms with Crippen LogP contribution < -0.4 is 16.2 Å². The maximum Gasteiger partial charge on any atom is 0.433 e. The number of carbonyl (C=O) groups is 2. The van der Waals surface area contributed by atoms with Crippen molar-refractivity contribution in [3.05, 3.63) is 65.9 Å². The summed E-state index contributed by atoms with van der Waals surface area (Å²) in [6.45, 7) is 0.583. The number of aliphatic hydroxyl groups excluding tert-OH is 1. The normalized spacial score (nSPS) is 16.1. The van der Waals surface area contributed by atoms with Crippen LogP contribution in [0.3, 0.4) is 0 Å². The molecule has 10 nitrogen and oxygen atoms in total. The Morgan fingerprint density at radius 2 is 1.92 bits per heavy atom. The van der Waals surface area contributed by atoms with Crippen LogP contribution >= 0.6 is 0 Å². The number of hydrogen-bond acceptors (Lipinski definition) is 7. The summed E-state index contributed by atoms with van der Waals surface area (Å²) in [4.78, 5) is 29.7. The van der Waals surface area contributed by atoms with Crippen LogP contribution in [0.1, 0.15) is 34.9 Å². The number of ether oxygens (including phenoxy) is 1. The number of aliphatic hydroxyl groups is 1. The number of amides is 2. The van der Waals surface area contributed by atoms with Crippen molar-refractivity contribution in [2.24, 2.45) is 5.73 Å². The lowest BCUT2D eigenvalue weighted by Gasteiger charge is -2.32. The number of nitrogen functional groups attached to an aromatic ring is 1. The summed E-state index contributed by atoms with van der Waals surface area (Å²) in [5.74, 6) is -0.996. The average molecular weight is 531 g/mol. The molecule has 200 valence electrons. The van der Waals surface area contributed by atoms with Gasteiger partial charge in [-0.1, -0.05) is 12.1 Å². The molecule has 1 atom stereocenters. The number of pyridine rings is 1. The van der Waals surface area contributed by atoms with Crippen molar-refractivity contribution in [1.29, 1.82) is 0 Å². The molecule has 0 bridgehead atoms. The van der Waals surface area contributed by atoms with E-state index >= 15 is 0 Å². The average Bonchev–Trinajstić information content (AvgIpc) is 3.24. The monoisotopic (exact) mass is 530 g/mol. The first-order chi connectivity index (χ1) is 18.1. The first-order valence-electron chi connectivity index (χ1n) is 11.6. The number of hydrogen-bond donors (Lipinski definition) is 3. The molecule has 3 aromatic rings. The first kappa shape index (κ1) is 26.7. The van der Waals surface area contributed by atoms with Gasteiger partial charge in [-0.2, -0.15) is 18.3 Å². The fourth-order valence-electron chi connectivity index (χ4n) is 4.22. The zero-order chi connectivity index (χ0) is 27.4. The number of nitrogens with zero attached hydrogens (tertiary/aromatic N) is 4. The van der Waals surface area contributed by atoms with Gasteiger partial charge in [-0.3, -0.25) is 9.59 Å². The Kier molecular flexibility index (Phi) is 7.67. The Morgan fingerprint density at radius 3 is 2.58 bits per heavy atom. The Balaban J connectivity index is 1.58. The molecule has 5 N–H and O–H groups in total. The van der Waals surface area contributed by atoms with Crippen molar-refractivity contribution < 1.29 is 32.6 Å². The van der Waals surface area contributed by atoms with Gasteiger partial charge in [-0.25, -0.2) is 9.67 Å². The predicted octanol–water partition coefficient (Wildman–Crippen LogP) is 3.15. The molecule has 2 amide bonds. The highest BCUT2D eigenvalue weighted by atomic mass is 19.4. The van der Waals surface area contributed by atoms with Crippen LogP contribution in [0.2, 0.25) is 0 Å². The SMILES string of the molecule is NC(=O)c1c(-c2ccc(Oc3cccc(C(F)(F)F)n3)cc2)nn(C2CCCN(C(=O)C=CCO)C2)c1N. The maximum absolute atomic E-state index is 12.9. The number of rotatable bonds is 7. The Labute approximate surface area is 215 Å². The zero-order valence-corrected chi connectivity index (χ0v) is 20.1. The van der Waals surface area contributed by atoms with E-state index < -0.39 is 17.8 Å². The number of nitrogens with two attached hydrogens (primary N) is 2. The smallest absolute Gasteiger partial charge is 0.433 e. The van der Waals surface area contributed by atoms with Crippen molar-refractivity contribution in [3.8, 4) is 22.9 Å². The topological polar surface area (TPSA) is 150 Å². The van der Waals surface area contributed by atoms with E-state index in [-0.39, 0.29) is 47.3 Å².